The maximum atomic E-state index is 14.2. The lowest BCUT2D eigenvalue weighted by Gasteiger charge is -2.53. The standard InChI is InChI=1S/C31H47NO10Si/c1-9-39-26(35)30(27(36)40-10-2)17-19-16-20-22(25(34)32(8)24(20)33)23(43(13-5,14-6)15-7)21(19)18-31(30,28(37)41-11-3)29(38)42-12-4/h20,22-23H,9-18H2,1-8H3/t20-,22-,23-/m1/s1. The van der Waals surface area contributed by atoms with Gasteiger partial charge in [-0.1, -0.05) is 50.0 Å². The highest BCUT2D eigenvalue weighted by Gasteiger charge is 2.76. The Kier molecular flexibility index (Phi) is 10.7. The third kappa shape index (κ3) is 5.03. The SMILES string of the molecule is CCOC(=O)C1(C(=O)OCC)CC2=C(CC1(C(=O)OCC)C(=O)OCC)[C@@H]([Si](CC)(CC)CC)[C@@H]1C(=O)N(C)C(=O)[C@@H]1C2. The third-order valence-electron chi connectivity index (χ3n) is 10.3. The minimum atomic E-state index is -2.46. The maximum absolute atomic E-state index is 14.2. The van der Waals surface area contributed by atoms with Crippen molar-refractivity contribution < 1.29 is 47.7 Å². The first-order chi connectivity index (χ1) is 20.4. The predicted octanol–water partition coefficient (Wildman–Crippen LogP) is 3.82. The van der Waals surface area contributed by atoms with E-state index in [1.54, 1.807) is 27.7 Å². The highest BCUT2D eigenvalue weighted by atomic mass is 28.3. The van der Waals surface area contributed by atoms with Crippen LogP contribution in [0.15, 0.2) is 11.1 Å². The fourth-order valence-electron chi connectivity index (χ4n) is 7.99. The molecule has 3 rings (SSSR count). The largest absolute Gasteiger partial charge is 0.465 e. The van der Waals surface area contributed by atoms with E-state index in [0.29, 0.717) is 11.1 Å². The Balaban J connectivity index is 2.52. The Hall–Kier alpha value is -3.02. The van der Waals surface area contributed by atoms with Gasteiger partial charge in [-0.25, -0.2) is 0 Å². The van der Waals surface area contributed by atoms with Crippen molar-refractivity contribution in [3.05, 3.63) is 11.1 Å². The number of allylic oxidation sites excluding steroid dienone is 2. The number of carbonyl (C=O) groups is 6. The lowest BCUT2D eigenvalue weighted by Crippen LogP contribution is -2.65. The summed E-state index contributed by atoms with van der Waals surface area (Å²) < 4.78 is 21.9. The van der Waals surface area contributed by atoms with Crippen LogP contribution in [0.3, 0.4) is 0 Å². The Labute approximate surface area is 255 Å². The number of imide groups is 1. The van der Waals surface area contributed by atoms with Crippen molar-refractivity contribution in [2.75, 3.05) is 33.5 Å². The molecule has 0 aromatic carbocycles. The highest BCUT2D eigenvalue weighted by molar-refractivity contribution is 6.82. The molecule has 0 saturated carbocycles. The van der Waals surface area contributed by atoms with Crippen LogP contribution in [0.5, 0.6) is 0 Å². The second kappa shape index (κ2) is 13.3. The molecule has 0 unspecified atom stereocenters. The summed E-state index contributed by atoms with van der Waals surface area (Å²) >= 11 is 0. The third-order valence-corrected chi connectivity index (χ3v) is 16.5. The number of rotatable bonds is 12. The van der Waals surface area contributed by atoms with Gasteiger partial charge >= 0.3 is 23.9 Å². The molecule has 0 N–H and O–H groups in total. The van der Waals surface area contributed by atoms with Gasteiger partial charge in [0, 0.05) is 7.05 Å². The quantitative estimate of drug-likeness (QED) is 0.0788. The molecule has 1 aliphatic heterocycles. The van der Waals surface area contributed by atoms with Gasteiger partial charge in [0.15, 0.2) is 10.8 Å². The Morgan fingerprint density at radius 3 is 1.47 bits per heavy atom. The molecule has 1 saturated heterocycles. The van der Waals surface area contributed by atoms with E-state index in [0.717, 1.165) is 18.1 Å². The van der Waals surface area contributed by atoms with E-state index >= 15 is 0 Å². The van der Waals surface area contributed by atoms with Crippen LogP contribution in [-0.4, -0.2) is 82.1 Å². The zero-order valence-electron chi connectivity index (χ0n) is 26.8. The Morgan fingerprint density at radius 2 is 1.09 bits per heavy atom. The van der Waals surface area contributed by atoms with Crippen molar-refractivity contribution in [2.45, 2.75) is 91.4 Å². The number of likely N-dealkylation sites (tertiary alicyclic amines) is 1. The molecule has 0 radical (unpaired) electrons. The van der Waals surface area contributed by atoms with E-state index in [4.69, 9.17) is 18.9 Å². The van der Waals surface area contributed by atoms with Gasteiger partial charge in [-0.2, -0.15) is 0 Å². The number of amides is 2. The summed E-state index contributed by atoms with van der Waals surface area (Å²) in [5, 5.41) is 0. The molecule has 0 aromatic rings. The number of hydrogen-bond donors (Lipinski definition) is 0. The molecule has 43 heavy (non-hydrogen) atoms. The number of nitrogens with zero attached hydrogens (tertiary/aromatic N) is 1. The van der Waals surface area contributed by atoms with E-state index in [9.17, 15) is 28.8 Å². The molecule has 3 atom stereocenters. The topological polar surface area (TPSA) is 143 Å². The van der Waals surface area contributed by atoms with Gasteiger partial charge in [-0.3, -0.25) is 33.7 Å². The molecule has 2 amide bonds. The van der Waals surface area contributed by atoms with E-state index in [2.05, 4.69) is 20.8 Å². The van der Waals surface area contributed by atoms with Crippen LogP contribution in [0.4, 0.5) is 0 Å². The smallest absolute Gasteiger partial charge is 0.325 e. The first-order valence-corrected chi connectivity index (χ1v) is 18.3. The number of ether oxygens (including phenoxy) is 4. The fraction of sp³-hybridized carbons (Fsp3) is 0.742. The lowest BCUT2D eigenvalue weighted by molar-refractivity contribution is -0.205. The molecule has 1 fully saturated rings. The molecule has 3 aliphatic rings. The van der Waals surface area contributed by atoms with Crippen LogP contribution < -0.4 is 0 Å². The normalized spacial score (nSPS) is 24.2. The summed E-state index contributed by atoms with van der Waals surface area (Å²) in [6, 6.07) is 2.38. The van der Waals surface area contributed by atoms with Crippen LogP contribution in [0.25, 0.3) is 0 Å². The molecule has 1 heterocycles. The van der Waals surface area contributed by atoms with E-state index in [1.165, 1.54) is 11.9 Å². The van der Waals surface area contributed by atoms with Gasteiger partial charge in [0.05, 0.1) is 46.3 Å². The first-order valence-electron chi connectivity index (χ1n) is 15.6. The zero-order chi connectivity index (χ0) is 32.3. The van der Waals surface area contributed by atoms with Gasteiger partial charge in [0.25, 0.3) is 0 Å². The number of hydrogen-bond acceptors (Lipinski definition) is 10. The monoisotopic (exact) mass is 621 g/mol. The van der Waals surface area contributed by atoms with Gasteiger partial charge < -0.3 is 18.9 Å². The van der Waals surface area contributed by atoms with Gasteiger partial charge in [-0.05, 0) is 52.5 Å². The molecule has 240 valence electrons. The zero-order valence-corrected chi connectivity index (χ0v) is 27.8. The highest BCUT2D eigenvalue weighted by Crippen LogP contribution is 2.65. The van der Waals surface area contributed by atoms with Crippen molar-refractivity contribution in [3.8, 4) is 0 Å². The van der Waals surface area contributed by atoms with Crippen LogP contribution >= 0.6 is 0 Å². The van der Waals surface area contributed by atoms with Crippen molar-refractivity contribution in [1.82, 2.24) is 4.90 Å². The fourth-order valence-corrected chi connectivity index (χ4v) is 13.0. The van der Waals surface area contributed by atoms with Crippen LogP contribution in [0, 0.1) is 22.7 Å². The molecule has 0 aromatic heterocycles. The lowest BCUT2D eigenvalue weighted by atomic mass is 9.51. The number of carbonyl (C=O) groups excluding carboxylic acids is 6. The van der Waals surface area contributed by atoms with E-state index in [1.807, 2.05) is 0 Å². The Bertz CT molecular complexity index is 1140. The minimum absolute atomic E-state index is 0.120. The van der Waals surface area contributed by atoms with Gasteiger partial charge in [0.1, 0.15) is 0 Å². The molecule has 0 bridgehead atoms. The van der Waals surface area contributed by atoms with Crippen LogP contribution in [-0.2, 0) is 47.7 Å². The molecular weight excluding hydrogens is 574 g/mol. The molecule has 2 aliphatic carbocycles. The second-order valence-corrected chi connectivity index (χ2v) is 17.1. The second-order valence-electron chi connectivity index (χ2n) is 11.6. The van der Waals surface area contributed by atoms with Gasteiger partial charge in [0.2, 0.25) is 11.8 Å². The summed E-state index contributed by atoms with van der Waals surface area (Å²) in [5.74, 6) is -6.23. The predicted molar refractivity (Wildman–Crippen MR) is 158 cm³/mol. The summed E-state index contributed by atoms with van der Waals surface area (Å²) in [6.45, 7) is 12.0. The number of esters is 4. The van der Waals surface area contributed by atoms with Crippen molar-refractivity contribution in [2.24, 2.45) is 22.7 Å². The van der Waals surface area contributed by atoms with Gasteiger partial charge in [-0.15, -0.1) is 0 Å². The average molecular weight is 622 g/mol. The van der Waals surface area contributed by atoms with Crippen LogP contribution in [0.2, 0.25) is 23.7 Å². The van der Waals surface area contributed by atoms with E-state index < -0.39 is 60.2 Å². The Morgan fingerprint density at radius 1 is 0.698 bits per heavy atom. The molecule has 12 heteroatoms. The van der Waals surface area contributed by atoms with Crippen molar-refractivity contribution in [1.29, 1.82) is 0 Å². The van der Waals surface area contributed by atoms with Crippen LogP contribution in [0.1, 0.15) is 67.7 Å². The minimum Gasteiger partial charge on any atom is -0.465 e. The first kappa shape index (κ1) is 34.5. The molecule has 0 spiro atoms. The average Bonchev–Trinajstić information content (AvgIpc) is 3.20. The summed E-state index contributed by atoms with van der Waals surface area (Å²) in [5.41, 5.74) is -4.00. The maximum Gasteiger partial charge on any atom is 0.325 e. The summed E-state index contributed by atoms with van der Waals surface area (Å²) in [6.07, 6.45) is -0.634. The van der Waals surface area contributed by atoms with Crippen molar-refractivity contribution >= 4 is 43.8 Å². The molecule has 11 nitrogen and oxygen atoms in total. The van der Waals surface area contributed by atoms with Crippen molar-refractivity contribution in [3.63, 3.8) is 0 Å². The summed E-state index contributed by atoms with van der Waals surface area (Å²) in [4.78, 5) is 85.1. The summed E-state index contributed by atoms with van der Waals surface area (Å²) in [7, 11) is -0.925. The van der Waals surface area contributed by atoms with E-state index in [-0.39, 0.29) is 57.5 Å². The number of fused-ring (bicyclic) bond motifs is 1. The molecular formula is C31H47NO10Si.